The second kappa shape index (κ2) is 4.78. The lowest BCUT2D eigenvalue weighted by atomic mass is 10.1. The Hall–Kier alpha value is -2.16. The molecule has 0 aliphatic rings. The standard InChI is InChI=1S/C14H14N2O/c1-10-7-11(2)9-13(8-10)16-14(17)12-3-5-15-6-4-12/h3-9H,1-2H3,(H,16,17). The number of amides is 1. The summed E-state index contributed by atoms with van der Waals surface area (Å²) in [5.74, 6) is -0.114. The Kier molecular flexibility index (Phi) is 3.19. The number of rotatable bonds is 2. The maximum absolute atomic E-state index is 11.9. The fraction of sp³-hybridized carbons (Fsp3) is 0.143. The molecular weight excluding hydrogens is 212 g/mol. The van der Waals surface area contributed by atoms with Crippen LogP contribution in [0.5, 0.6) is 0 Å². The highest BCUT2D eigenvalue weighted by Crippen LogP contribution is 2.14. The summed E-state index contributed by atoms with van der Waals surface area (Å²) in [6, 6.07) is 9.36. The molecule has 1 heterocycles. The lowest BCUT2D eigenvalue weighted by Crippen LogP contribution is -2.11. The van der Waals surface area contributed by atoms with Gasteiger partial charge >= 0.3 is 0 Å². The molecule has 0 atom stereocenters. The molecule has 1 amide bonds. The van der Waals surface area contributed by atoms with E-state index in [0.29, 0.717) is 5.56 Å². The highest BCUT2D eigenvalue weighted by molar-refractivity contribution is 6.04. The van der Waals surface area contributed by atoms with E-state index in [9.17, 15) is 4.79 Å². The molecule has 0 unspecified atom stereocenters. The number of nitrogens with one attached hydrogen (secondary N) is 1. The number of pyridine rings is 1. The van der Waals surface area contributed by atoms with Gasteiger partial charge in [0.25, 0.3) is 5.91 Å². The minimum absolute atomic E-state index is 0.114. The first kappa shape index (κ1) is 11.3. The average molecular weight is 226 g/mol. The van der Waals surface area contributed by atoms with Crippen LogP contribution >= 0.6 is 0 Å². The van der Waals surface area contributed by atoms with Crippen LogP contribution < -0.4 is 5.32 Å². The van der Waals surface area contributed by atoms with E-state index in [1.54, 1.807) is 24.5 Å². The first-order valence-corrected chi connectivity index (χ1v) is 5.45. The molecule has 0 spiro atoms. The van der Waals surface area contributed by atoms with Crippen molar-refractivity contribution >= 4 is 11.6 Å². The van der Waals surface area contributed by atoms with Gasteiger partial charge in [0.1, 0.15) is 0 Å². The molecule has 1 aromatic heterocycles. The van der Waals surface area contributed by atoms with Crippen LogP contribution in [0.25, 0.3) is 0 Å². The van der Waals surface area contributed by atoms with Crippen LogP contribution in [0.15, 0.2) is 42.7 Å². The van der Waals surface area contributed by atoms with E-state index in [1.807, 2.05) is 26.0 Å². The van der Waals surface area contributed by atoms with Crippen molar-refractivity contribution < 1.29 is 4.79 Å². The SMILES string of the molecule is Cc1cc(C)cc(NC(=O)c2ccncc2)c1. The molecule has 0 radical (unpaired) electrons. The molecule has 2 rings (SSSR count). The van der Waals surface area contributed by atoms with Gasteiger partial charge in [0.15, 0.2) is 0 Å². The molecule has 86 valence electrons. The molecule has 2 aromatic rings. The van der Waals surface area contributed by atoms with E-state index in [4.69, 9.17) is 0 Å². The number of hydrogen-bond acceptors (Lipinski definition) is 2. The van der Waals surface area contributed by atoms with Crippen molar-refractivity contribution in [1.29, 1.82) is 0 Å². The van der Waals surface area contributed by atoms with Crippen LogP contribution in [0.3, 0.4) is 0 Å². The van der Waals surface area contributed by atoms with Gasteiger partial charge in [-0.2, -0.15) is 0 Å². The molecule has 1 N–H and O–H groups in total. The van der Waals surface area contributed by atoms with Crippen LogP contribution in [0.1, 0.15) is 21.5 Å². The van der Waals surface area contributed by atoms with E-state index in [2.05, 4.69) is 16.4 Å². The molecule has 0 aliphatic carbocycles. The Morgan fingerprint density at radius 3 is 2.24 bits per heavy atom. The predicted octanol–water partition coefficient (Wildman–Crippen LogP) is 2.95. The first-order chi connectivity index (χ1) is 8.15. The fourth-order valence-electron chi connectivity index (χ4n) is 1.75. The Balaban J connectivity index is 2.19. The smallest absolute Gasteiger partial charge is 0.255 e. The number of nitrogens with zero attached hydrogens (tertiary/aromatic N) is 1. The third kappa shape index (κ3) is 2.91. The van der Waals surface area contributed by atoms with Crippen molar-refractivity contribution in [3.05, 3.63) is 59.4 Å². The number of benzene rings is 1. The number of anilines is 1. The second-order valence-electron chi connectivity index (χ2n) is 4.07. The minimum Gasteiger partial charge on any atom is -0.322 e. The molecule has 0 saturated heterocycles. The zero-order valence-electron chi connectivity index (χ0n) is 9.90. The summed E-state index contributed by atoms with van der Waals surface area (Å²) in [6.45, 7) is 4.02. The summed E-state index contributed by atoms with van der Waals surface area (Å²) in [4.78, 5) is 15.8. The van der Waals surface area contributed by atoms with Gasteiger partial charge in [0, 0.05) is 23.6 Å². The summed E-state index contributed by atoms with van der Waals surface area (Å²) >= 11 is 0. The predicted molar refractivity (Wildman–Crippen MR) is 68.1 cm³/mol. The van der Waals surface area contributed by atoms with Crippen molar-refractivity contribution in [2.75, 3.05) is 5.32 Å². The summed E-state index contributed by atoms with van der Waals surface area (Å²) in [6.07, 6.45) is 3.22. The molecular formula is C14H14N2O. The highest BCUT2D eigenvalue weighted by Gasteiger charge is 2.05. The van der Waals surface area contributed by atoms with Gasteiger partial charge in [-0.3, -0.25) is 9.78 Å². The highest BCUT2D eigenvalue weighted by atomic mass is 16.1. The van der Waals surface area contributed by atoms with E-state index in [-0.39, 0.29) is 5.91 Å². The van der Waals surface area contributed by atoms with Gasteiger partial charge in [-0.25, -0.2) is 0 Å². The summed E-state index contributed by atoms with van der Waals surface area (Å²) in [5.41, 5.74) is 3.70. The third-order valence-corrected chi connectivity index (χ3v) is 2.42. The summed E-state index contributed by atoms with van der Waals surface area (Å²) < 4.78 is 0. The monoisotopic (exact) mass is 226 g/mol. The first-order valence-electron chi connectivity index (χ1n) is 5.45. The lowest BCUT2D eigenvalue weighted by molar-refractivity contribution is 0.102. The zero-order valence-corrected chi connectivity index (χ0v) is 9.90. The molecule has 0 aliphatic heterocycles. The fourth-order valence-corrected chi connectivity index (χ4v) is 1.75. The maximum Gasteiger partial charge on any atom is 0.255 e. The van der Waals surface area contributed by atoms with E-state index >= 15 is 0 Å². The average Bonchev–Trinajstić information content (AvgIpc) is 2.28. The summed E-state index contributed by atoms with van der Waals surface area (Å²) in [5, 5.41) is 2.87. The number of carbonyl (C=O) groups is 1. The van der Waals surface area contributed by atoms with Crippen molar-refractivity contribution in [2.24, 2.45) is 0 Å². The van der Waals surface area contributed by atoms with Gasteiger partial charge in [-0.1, -0.05) is 6.07 Å². The van der Waals surface area contributed by atoms with Crippen LogP contribution in [0.2, 0.25) is 0 Å². The van der Waals surface area contributed by atoms with E-state index in [0.717, 1.165) is 16.8 Å². The summed E-state index contributed by atoms with van der Waals surface area (Å²) in [7, 11) is 0. The van der Waals surface area contributed by atoms with Gasteiger partial charge in [0.05, 0.1) is 0 Å². The van der Waals surface area contributed by atoms with Crippen LogP contribution in [0.4, 0.5) is 5.69 Å². The number of hydrogen-bond donors (Lipinski definition) is 1. The Labute approximate surface area is 101 Å². The molecule has 1 aromatic carbocycles. The van der Waals surface area contributed by atoms with Crippen LogP contribution in [0, 0.1) is 13.8 Å². The number of carbonyl (C=O) groups excluding carboxylic acids is 1. The van der Waals surface area contributed by atoms with Gasteiger partial charge in [-0.05, 0) is 49.2 Å². The molecule has 0 saturated carbocycles. The van der Waals surface area contributed by atoms with Gasteiger partial charge in [-0.15, -0.1) is 0 Å². The maximum atomic E-state index is 11.9. The number of aromatic nitrogens is 1. The second-order valence-corrected chi connectivity index (χ2v) is 4.07. The van der Waals surface area contributed by atoms with Crippen molar-refractivity contribution in [1.82, 2.24) is 4.98 Å². The van der Waals surface area contributed by atoms with E-state index < -0.39 is 0 Å². The van der Waals surface area contributed by atoms with Crippen molar-refractivity contribution in [3.63, 3.8) is 0 Å². The van der Waals surface area contributed by atoms with Crippen molar-refractivity contribution in [2.45, 2.75) is 13.8 Å². The van der Waals surface area contributed by atoms with Gasteiger partial charge < -0.3 is 5.32 Å². The Bertz CT molecular complexity index is 515. The minimum atomic E-state index is -0.114. The zero-order chi connectivity index (χ0) is 12.3. The van der Waals surface area contributed by atoms with Gasteiger partial charge in [0.2, 0.25) is 0 Å². The largest absolute Gasteiger partial charge is 0.322 e. The van der Waals surface area contributed by atoms with E-state index in [1.165, 1.54) is 0 Å². The quantitative estimate of drug-likeness (QED) is 0.855. The topological polar surface area (TPSA) is 42.0 Å². The molecule has 0 bridgehead atoms. The third-order valence-electron chi connectivity index (χ3n) is 2.42. The Morgan fingerprint density at radius 1 is 1.06 bits per heavy atom. The normalized spacial score (nSPS) is 10.0. The molecule has 3 heteroatoms. The lowest BCUT2D eigenvalue weighted by Gasteiger charge is -2.07. The molecule has 0 fully saturated rings. The Morgan fingerprint density at radius 2 is 1.65 bits per heavy atom. The molecule has 3 nitrogen and oxygen atoms in total. The molecule has 17 heavy (non-hydrogen) atoms. The number of aryl methyl sites for hydroxylation is 2. The van der Waals surface area contributed by atoms with Crippen molar-refractivity contribution in [3.8, 4) is 0 Å². The van der Waals surface area contributed by atoms with Crippen LogP contribution in [-0.4, -0.2) is 10.9 Å². The van der Waals surface area contributed by atoms with Crippen LogP contribution in [-0.2, 0) is 0 Å².